The Labute approximate surface area is 158 Å². The van der Waals surface area contributed by atoms with Gasteiger partial charge in [-0.25, -0.2) is 8.42 Å². The third-order valence-corrected chi connectivity index (χ3v) is 6.38. The summed E-state index contributed by atoms with van der Waals surface area (Å²) in [5, 5.41) is 10.9. The van der Waals surface area contributed by atoms with Gasteiger partial charge in [-0.3, -0.25) is 4.99 Å². The van der Waals surface area contributed by atoms with Crippen LogP contribution in [0.25, 0.3) is 0 Å². The van der Waals surface area contributed by atoms with E-state index in [0.29, 0.717) is 38.4 Å². The molecule has 0 amide bonds. The van der Waals surface area contributed by atoms with Crippen LogP contribution in [0.5, 0.6) is 0 Å². The van der Waals surface area contributed by atoms with E-state index in [2.05, 4.69) is 20.6 Å². The highest BCUT2D eigenvalue weighted by atomic mass is 32.2. The van der Waals surface area contributed by atoms with Crippen LogP contribution < -0.4 is 5.32 Å². The molecule has 1 N–H and O–H groups in total. The second-order valence-corrected chi connectivity index (χ2v) is 8.31. The average molecular weight is 396 g/mol. The van der Waals surface area contributed by atoms with Gasteiger partial charge in [0.15, 0.2) is 5.96 Å². The normalized spacial score (nSPS) is 16.7. The van der Waals surface area contributed by atoms with Crippen molar-refractivity contribution >= 4 is 16.0 Å². The lowest BCUT2D eigenvalue weighted by Gasteiger charge is -2.35. The Bertz CT molecular complexity index is 863. The Balaban J connectivity index is 1.55. The van der Waals surface area contributed by atoms with Gasteiger partial charge < -0.3 is 19.3 Å². The number of aliphatic imine (C=N–C) groups is 1. The molecule has 10 nitrogen and oxygen atoms in total. The zero-order valence-electron chi connectivity index (χ0n) is 15.7. The van der Waals surface area contributed by atoms with Crippen molar-refractivity contribution in [3.63, 3.8) is 0 Å². The summed E-state index contributed by atoms with van der Waals surface area (Å²) in [6.07, 6.45) is 1.37. The lowest BCUT2D eigenvalue weighted by atomic mass is 10.2. The summed E-state index contributed by atoms with van der Waals surface area (Å²) in [5.41, 5.74) is 2.26. The fourth-order valence-electron chi connectivity index (χ4n) is 3.02. The van der Waals surface area contributed by atoms with Gasteiger partial charge in [0.25, 0.3) is 0 Å². The molecule has 1 saturated heterocycles. The van der Waals surface area contributed by atoms with Crippen LogP contribution in [0.3, 0.4) is 0 Å². The van der Waals surface area contributed by atoms with Gasteiger partial charge in [0.05, 0.1) is 11.4 Å². The van der Waals surface area contributed by atoms with E-state index in [9.17, 15) is 8.42 Å². The number of sulfonamides is 1. The summed E-state index contributed by atoms with van der Waals surface area (Å²) in [6.45, 7) is 6.22. The maximum Gasteiger partial charge on any atom is 0.220 e. The third-order valence-electron chi connectivity index (χ3n) is 4.57. The van der Waals surface area contributed by atoms with Crippen molar-refractivity contribution in [2.24, 2.45) is 4.99 Å². The molecule has 0 spiro atoms. The molecule has 0 bridgehead atoms. The zero-order chi connectivity index (χ0) is 19.4. The van der Waals surface area contributed by atoms with Gasteiger partial charge in [0, 0.05) is 51.4 Å². The molecule has 0 aromatic carbocycles. The average Bonchev–Trinajstić information content (AvgIpc) is 3.26. The van der Waals surface area contributed by atoms with Crippen molar-refractivity contribution in [1.29, 1.82) is 0 Å². The maximum absolute atomic E-state index is 12.5. The molecule has 1 fully saturated rings. The summed E-state index contributed by atoms with van der Waals surface area (Å²) in [5.74, 6) is 1.35. The van der Waals surface area contributed by atoms with E-state index in [4.69, 9.17) is 9.05 Å². The Hall–Kier alpha value is -2.40. The van der Waals surface area contributed by atoms with Crippen molar-refractivity contribution in [1.82, 2.24) is 24.8 Å². The molecular weight excluding hydrogens is 372 g/mol. The first kappa shape index (κ1) is 19.4. The molecule has 2 aromatic heterocycles. The smallest absolute Gasteiger partial charge is 0.220 e. The molecule has 0 radical (unpaired) electrons. The van der Waals surface area contributed by atoms with Crippen molar-refractivity contribution in [3.05, 3.63) is 35.0 Å². The predicted octanol–water partition coefficient (Wildman–Crippen LogP) is 0.502. The van der Waals surface area contributed by atoms with Crippen LogP contribution in [-0.4, -0.2) is 67.1 Å². The minimum Gasteiger partial charge on any atom is -0.364 e. The zero-order valence-corrected chi connectivity index (χ0v) is 16.5. The monoisotopic (exact) mass is 396 g/mol. The van der Waals surface area contributed by atoms with Gasteiger partial charge in [-0.05, 0) is 13.8 Å². The van der Waals surface area contributed by atoms with Crippen molar-refractivity contribution < 1.29 is 17.5 Å². The van der Waals surface area contributed by atoms with E-state index >= 15 is 0 Å². The van der Waals surface area contributed by atoms with Crippen molar-refractivity contribution in [3.8, 4) is 0 Å². The molecule has 3 rings (SSSR count). The molecule has 0 atom stereocenters. The highest BCUT2D eigenvalue weighted by molar-refractivity contribution is 7.88. The SMILES string of the molecule is CN=C(NCc1c(C)noc1C)N1CCN(S(=O)(=O)Cc2ccon2)CC1. The van der Waals surface area contributed by atoms with Crippen LogP contribution in [0, 0.1) is 13.8 Å². The number of hydrogen-bond acceptors (Lipinski definition) is 7. The number of guanidine groups is 1. The van der Waals surface area contributed by atoms with E-state index < -0.39 is 10.0 Å². The molecule has 11 heteroatoms. The molecule has 0 unspecified atom stereocenters. The number of aryl methyl sites for hydroxylation is 2. The Morgan fingerprint density at radius 3 is 2.56 bits per heavy atom. The predicted molar refractivity (Wildman–Crippen MR) is 98.4 cm³/mol. The topological polar surface area (TPSA) is 117 Å². The van der Waals surface area contributed by atoms with Crippen LogP contribution in [0.2, 0.25) is 0 Å². The van der Waals surface area contributed by atoms with Crippen LogP contribution in [0.1, 0.15) is 22.7 Å². The van der Waals surface area contributed by atoms with E-state index in [1.165, 1.54) is 10.6 Å². The first-order valence-corrected chi connectivity index (χ1v) is 10.3. The highest BCUT2D eigenvalue weighted by Gasteiger charge is 2.29. The van der Waals surface area contributed by atoms with Crippen LogP contribution in [-0.2, 0) is 22.3 Å². The number of rotatable bonds is 5. The van der Waals surface area contributed by atoms with Crippen LogP contribution in [0.15, 0.2) is 26.4 Å². The van der Waals surface area contributed by atoms with Crippen LogP contribution >= 0.6 is 0 Å². The Morgan fingerprint density at radius 1 is 1.26 bits per heavy atom. The number of piperazine rings is 1. The van der Waals surface area contributed by atoms with Gasteiger partial charge in [0.2, 0.25) is 10.0 Å². The van der Waals surface area contributed by atoms with Crippen LogP contribution in [0.4, 0.5) is 0 Å². The van der Waals surface area contributed by atoms with Gasteiger partial charge in [-0.15, -0.1) is 0 Å². The molecular formula is C16H24N6O4S. The third kappa shape index (κ3) is 4.48. The number of hydrogen-bond donors (Lipinski definition) is 1. The van der Waals surface area contributed by atoms with E-state index in [-0.39, 0.29) is 5.75 Å². The molecule has 2 aromatic rings. The second kappa shape index (κ2) is 8.09. The maximum atomic E-state index is 12.5. The minimum absolute atomic E-state index is 0.150. The summed E-state index contributed by atoms with van der Waals surface area (Å²) in [4.78, 5) is 6.35. The summed E-state index contributed by atoms with van der Waals surface area (Å²) in [6, 6.07) is 1.56. The Kier molecular flexibility index (Phi) is 5.80. The largest absolute Gasteiger partial charge is 0.364 e. The quantitative estimate of drug-likeness (QED) is 0.574. The standard InChI is InChI=1S/C16H24N6O4S/c1-12-15(13(2)26-19-12)10-18-16(17-3)21-5-7-22(8-6-21)27(23,24)11-14-4-9-25-20-14/h4,9H,5-8,10-11H2,1-3H3,(H,17,18). The fourth-order valence-corrected chi connectivity index (χ4v) is 4.45. The van der Waals surface area contributed by atoms with E-state index in [1.807, 2.05) is 18.7 Å². The van der Waals surface area contributed by atoms with Crippen molar-refractivity contribution in [2.75, 3.05) is 33.2 Å². The van der Waals surface area contributed by atoms with Crippen molar-refractivity contribution in [2.45, 2.75) is 26.1 Å². The first-order valence-electron chi connectivity index (χ1n) is 8.65. The fraction of sp³-hybridized carbons (Fsp3) is 0.562. The molecule has 0 saturated carbocycles. The number of nitrogens with zero attached hydrogens (tertiary/aromatic N) is 5. The Morgan fingerprint density at radius 2 is 2.00 bits per heavy atom. The first-order chi connectivity index (χ1) is 12.9. The van der Waals surface area contributed by atoms with E-state index in [0.717, 1.165) is 23.0 Å². The number of aromatic nitrogens is 2. The molecule has 1 aliphatic heterocycles. The summed E-state index contributed by atoms with van der Waals surface area (Å²) < 4.78 is 36.4. The van der Waals surface area contributed by atoms with Gasteiger partial charge in [-0.1, -0.05) is 10.3 Å². The lowest BCUT2D eigenvalue weighted by molar-refractivity contribution is 0.259. The molecule has 3 heterocycles. The minimum atomic E-state index is -3.42. The summed E-state index contributed by atoms with van der Waals surface area (Å²) in [7, 11) is -1.71. The molecule has 148 valence electrons. The highest BCUT2D eigenvalue weighted by Crippen LogP contribution is 2.14. The molecule has 0 aliphatic carbocycles. The lowest BCUT2D eigenvalue weighted by Crippen LogP contribution is -2.53. The second-order valence-electron chi connectivity index (χ2n) is 6.34. The molecule has 27 heavy (non-hydrogen) atoms. The van der Waals surface area contributed by atoms with Gasteiger partial charge in [0.1, 0.15) is 17.8 Å². The van der Waals surface area contributed by atoms with E-state index in [1.54, 1.807) is 13.1 Å². The summed E-state index contributed by atoms with van der Waals surface area (Å²) >= 11 is 0. The number of nitrogens with one attached hydrogen (secondary N) is 1. The van der Waals surface area contributed by atoms with Gasteiger partial charge in [-0.2, -0.15) is 4.31 Å². The van der Waals surface area contributed by atoms with Gasteiger partial charge >= 0.3 is 0 Å². The molecule has 1 aliphatic rings.